The SMILES string of the molecule is C[Si](C)(C)CCOCn1nc(-c2cccc(Cl)c2Cl)c(N)c1C(=O)CO. The van der Waals surface area contributed by atoms with Crippen LogP contribution in [-0.4, -0.2) is 42.0 Å². The third kappa shape index (κ3) is 4.86. The lowest BCUT2D eigenvalue weighted by atomic mass is 10.1. The van der Waals surface area contributed by atoms with Crippen LogP contribution in [-0.2, 0) is 11.5 Å². The number of benzene rings is 1. The van der Waals surface area contributed by atoms with Crippen molar-refractivity contribution in [1.29, 1.82) is 0 Å². The van der Waals surface area contributed by atoms with Crippen molar-refractivity contribution < 1.29 is 14.6 Å². The van der Waals surface area contributed by atoms with Crippen LogP contribution in [0.1, 0.15) is 10.5 Å². The van der Waals surface area contributed by atoms with Crippen LogP contribution in [0.3, 0.4) is 0 Å². The summed E-state index contributed by atoms with van der Waals surface area (Å²) < 4.78 is 7.04. The lowest BCUT2D eigenvalue weighted by molar-refractivity contribution is 0.0709. The van der Waals surface area contributed by atoms with Gasteiger partial charge in [-0.1, -0.05) is 55.0 Å². The van der Waals surface area contributed by atoms with E-state index in [1.807, 2.05) is 0 Å². The predicted octanol–water partition coefficient (Wildman–Crippen LogP) is 3.93. The second-order valence-corrected chi connectivity index (χ2v) is 13.5. The summed E-state index contributed by atoms with van der Waals surface area (Å²) in [5, 5.41) is 14.3. The summed E-state index contributed by atoms with van der Waals surface area (Å²) in [6.45, 7) is 6.71. The lowest BCUT2D eigenvalue weighted by Gasteiger charge is -2.15. The van der Waals surface area contributed by atoms with Gasteiger partial charge in [-0.15, -0.1) is 0 Å². The number of rotatable bonds is 8. The number of Topliss-reactive ketones (excluding diaryl/α,β-unsaturated/α-hetero) is 1. The van der Waals surface area contributed by atoms with Gasteiger partial charge in [-0.25, -0.2) is 4.68 Å². The summed E-state index contributed by atoms with van der Waals surface area (Å²) in [7, 11) is -1.23. The van der Waals surface area contributed by atoms with Crippen LogP contribution in [0, 0.1) is 0 Å². The summed E-state index contributed by atoms with van der Waals surface area (Å²) in [6.07, 6.45) is 0. The number of ether oxygens (including phenoxy) is 1. The van der Waals surface area contributed by atoms with Crippen LogP contribution in [0.5, 0.6) is 0 Å². The molecular formula is C17H23Cl2N3O3Si. The summed E-state index contributed by atoms with van der Waals surface area (Å²) in [4.78, 5) is 12.1. The molecule has 2 rings (SSSR count). The topological polar surface area (TPSA) is 90.4 Å². The van der Waals surface area contributed by atoms with E-state index in [4.69, 9.17) is 33.7 Å². The Balaban J connectivity index is 2.35. The first-order chi connectivity index (χ1) is 12.2. The minimum atomic E-state index is -1.23. The summed E-state index contributed by atoms with van der Waals surface area (Å²) in [5.41, 5.74) is 7.24. The fraction of sp³-hybridized carbons (Fsp3) is 0.412. The molecular weight excluding hydrogens is 393 g/mol. The highest BCUT2D eigenvalue weighted by molar-refractivity contribution is 6.76. The van der Waals surface area contributed by atoms with Crippen molar-refractivity contribution in [2.45, 2.75) is 32.4 Å². The number of aliphatic hydroxyl groups is 1. The predicted molar refractivity (Wildman–Crippen MR) is 108 cm³/mol. The molecule has 0 saturated heterocycles. The van der Waals surface area contributed by atoms with Crippen molar-refractivity contribution in [3.8, 4) is 11.3 Å². The van der Waals surface area contributed by atoms with Gasteiger partial charge in [-0.2, -0.15) is 5.10 Å². The number of nitrogens with two attached hydrogens (primary N) is 1. The second kappa shape index (κ2) is 8.54. The maximum Gasteiger partial charge on any atom is 0.208 e. The summed E-state index contributed by atoms with van der Waals surface area (Å²) in [5.74, 6) is -0.534. The van der Waals surface area contributed by atoms with Gasteiger partial charge in [0.1, 0.15) is 24.7 Å². The van der Waals surface area contributed by atoms with E-state index in [0.29, 0.717) is 27.9 Å². The molecule has 3 N–H and O–H groups in total. The van der Waals surface area contributed by atoms with Crippen molar-refractivity contribution in [1.82, 2.24) is 9.78 Å². The third-order valence-corrected chi connectivity index (χ3v) is 6.34. The van der Waals surface area contributed by atoms with Gasteiger partial charge >= 0.3 is 0 Å². The van der Waals surface area contributed by atoms with E-state index in [2.05, 4.69) is 24.7 Å². The molecule has 1 heterocycles. The van der Waals surface area contributed by atoms with Gasteiger partial charge in [-0.3, -0.25) is 4.79 Å². The first kappa shape index (κ1) is 20.9. The van der Waals surface area contributed by atoms with Gasteiger partial charge < -0.3 is 15.6 Å². The largest absolute Gasteiger partial charge is 0.395 e. The van der Waals surface area contributed by atoms with E-state index in [0.717, 1.165) is 6.04 Å². The van der Waals surface area contributed by atoms with E-state index >= 15 is 0 Å². The zero-order chi connectivity index (χ0) is 19.5. The highest BCUT2D eigenvalue weighted by atomic mass is 35.5. The van der Waals surface area contributed by atoms with Crippen LogP contribution in [0.4, 0.5) is 5.69 Å². The van der Waals surface area contributed by atoms with Crippen LogP contribution < -0.4 is 5.73 Å². The first-order valence-electron chi connectivity index (χ1n) is 8.18. The van der Waals surface area contributed by atoms with Gasteiger partial charge in [0, 0.05) is 20.2 Å². The quantitative estimate of drug-likeness (QED) is 0.387. The monoisotopic (exact) mass is 415 g/mol. The number of nitrogens with zero attached hydrogens (tertiary/aromatic N) is 2. The number of aliphatic hydroxyl groups excluding tert-OH is 1. The summed E-state index contributed by atoms with van der Waals surface area (Å²) >= 11 is 12.3. The van der Waals surface area contributed by atoms with Crippen LogP contribution >= 0.6 is 23.2 Å². The molecule has 1 aromatic carbocycles. The van der Waals surface area contributed by atoms with Crippen molar-refractivity contribution in [3.05, 3.63) is 33.9 Å². The Morgan fingerprint density at radius 3 is 2.65 bits per heavy atom. The molecule has 2 aromatic rings. The zero-order valence-electron chi connectivity index (χ0n) is 15.1. The Kier molecular flexibility index (Phi) is 6.87. The molecule has 1 aromatic heterocycles. The number of hydrogen-bond donors (Lipinski definition) is 2. The van der Waals surface area contributed by atoms with Gasteiger partial charge in [0.05, 0.1) is 15.7 Å². The standard InChI is InChI=1S/C17H23Cl2N3O3Si/c1-26(2,3)8-7-25-10-22-17(13(24)9-23)15(20)16(21-22)11-5-4-6-12(18)14(11)19/h4-6,23H,7-10,20H2,1-3H3. The number of anilines is 1. The van der Waals surface area contributed by atoms with E-state index in [9.17, 15) is 9.90 Å². The Hall–Kier alpha value is -1.38. The van der Waals surface area contributed by atoms with Crippen LogP contribution in [0.15, 0.2) is 18.2 Å². The Bertz CT molecular complexity index is 803. The Morgan fingerprint density at radius 2 is 2.04 bits per heavy atom. The number of hydrogen-bond acceptors (Lipinski definition) is 5. The van der Waals surface area contributed by atoms with Gasteiger partial charge in [0.2, 0.25) is 5.78 Å². The van der Waals surface area contributed by atoms with Crippen molar-refractivity contribution in [2.75, 3.05) is 18.9 Å². The van der Waals surface area contributed by atoms with Crippen molar-refractivity contribution in [3.63, 3.8) is 0 Å². The number of aromatic nitrogens is 2. The lowest BCUT2D eigenvalue weighted by Crippen LogP contribution is -2.23. The highest BCUT2D eigenvalue weighted by Crippen LogP contribution is 2.36. The molecule has 0 aliphatic rings. The first-order valence-corrected chi connectivity index (χ1v) is 12.6. The minimum Gasteiger partial charge on any atom is -0.395 e. The average Bonchev–Trinajstić information content (AvgIpc) is 2.89. The molecule has 6 nitrogen and oxygen atoms in total. The van der Waals surface area contributed by atoms with Gasteiger partial charge in [0.25, 0.3) is 0 Å². The molecule has 0 aliphatic carbocycles. The Labute approximate surface area is 163 Å². The molecule has 9 heteroatoms. The fourth-order valence-electron chi connectivity index (χ4n) is 2.35. The number of carbonyl (C=O) groups excluding carboxylic acids is 1. The molecule has 0 spiro atoms. The number of nitrogen functional groups attached to an aromatic ring is 1. The maximum absolute atomic E-state index is 12.1. The van der Waals surface area contributed by atoms with E-state index in [1.165, 1.54) is 4.68 Å². The van der Waals surface area contributed by atoms with Crippen molar-refractivity contribution in [2.24, 2.45) is 0 Å². The second-order valence-electron chi connectivity index (χ2n) is 7.14. The smallest absolute Gasteiger partial charge is 0.208 e. The molecule has 0 bridgehead atoms. The summed E-state index contributed by atoms with van der Waals surface area (Å²) in [6, 6.07) is 6.08. The molecule has 0 unspecified atom stereocenters. The van der Waals surface area contributed by atoms with Crippen molar-refractivity contribution >= 4 is 42.7 Å². The highest BCUT2D eigenvalue weighted by Gasteiger charge is 2.24. The molecule has 0 aliphatic heterocycles. The maximum atomic E-state index is 12.1. The average molecular weight is 416 g/mol. The van der Waals surface area contributed by atoms with E-state index < -0.39 is 20.5 Å². The minimum absolute atomic E-state index is 0.0634. The van der Waals surface area contributed by atoms with Gasteiger partial charge in [-0.05, 0) is 12.1 Å². The van der Waals surface area contributed by atoms with Crippen LogP contribution in [0.25, 0.3) is 11.3 Å². The molecule has 0 amide bonds. The number of halogens is 2. The molecule has 0 atom stereocenters. The molecule has 26 heavy (non-hydrogen) atoms. The van der Waals surface area contributed by atoms with Gasteiger partial charge in [0.15, 0.2) is 0 Å². The molecule has 142 valence electrons. The third-order valence-electron chi connectivity index (χ3n) is 3.81. The molecule has 0 saturated carbocycles. The normalized spacial score (nSPS) is 11.8. The van der Waals surface area contributed by atoms with E-state index in [1.54, 1.807) is 18.2 Å². The molecule has 0 radical (unpaired) electrons. The zero-order valence-corrected chi connectivity index (χ0v) is 17.6. The van der Waals surface area contributed by atoms with Crippen LogP contribution in [0.2, 0.25) is 35.7 Å². The van der Waals surface area contributed by atoms with E-state index in [-0.39, 0.29) is 18.1 Å². The fourth-order valence-corrected chi connectivity index (χ4v) is 3.50. The Morgan fingerprint density at radius 1 is 1.35 bits per heavy atom. The number of ketones is 1. The number of carbonyl (C=O) groups is 1. The molecule has 0 fully saturated rings.